The van der Waals surface area contributed by atoms with Crippen LogP contribution in [-0.2, 0) is 17.3 Å². The van der Waals surface area contributed by atoms with Crippen molar-refractivity contribution >= 4 is 41.3 Å². The fourth-order valence-electron chi connectivity index (χ4n) is 3.14. The Kier molecular flexibility index (Phi) is 11.7. The lowest BCUT2D eigenvalue weighted by molar-refractivity contribution is -0.140. The van der Waals surface area contributed by atoms with Gasteiger partial charge in [-0.3, -0.25) is 9.89 Å². The summed E-state index contributed by atoms with van der Waals surface area (Å²) in [7, 11) is 0. The molecule has 6 nitrogen and oxygen atoms in total. The highest BCUT2D eigenvalue weighted by molar-refractivity contribution is 14.0. The van der Waals surface area contributed by atoms with Gasteiger partial charge < -0.3 is 15.4 Å². The average molecular weight is 549 g/mol. The van der Waals surface area contributed by atoms with Crippen molar-refractivity contribution in [3.8, 4) is 0 Å². The quantitative estimate of drug-likeness (QED) is 0.226. The number of thiazole rings is 1. The zero-order chi connectivity index (χ0) is 20.6. The third-order valence-corrected chi connectivity index (χ3v) is 5.12. The fraction of sp³-hybridized carbons (Fsp3) is 0.778. The van der Waals surface area contributed by atoms with Gasteiger partial charge in [0.05, 0.1) is 17.2 Å². The Labute approximate surface area is 191 Å². The first-order chi connectivity index (χ1) is 13.3. The summed E-state index contributed by atoms with van der Waals surface area (Å²) in [6, 6.07) is 0. The molecule has 1 aliphatic heterocycles. The molecule has 0 radical (unpaired) electrons. The van der Waals surface area contributed by atoms with Gasteiger partial charge in [-0.2, -0.15) is 13.2 Å². The fourth-order valence-corrected chi connectivity index (χ4v) is 3.94. The molecular weight excluding hydrogens is 518 g/mol. The maximum Gasteiger partial charge on any atom is 0.434 e. The Morgan fingerprint density at radius 1 is 1.31 bits per heavy atom. The summed E-state index contributed by atoms with van der Waals surface area (Å²) in [6.45, 7) is 10.9. The molecule has 1 saturated heterocycles. The number of aromatic nitrogens is 1. The highest BCUT2D eigenvalue weighted by Crippen LogP contribution is 2.29. The number of guanidine groups is 1. The number of hydrogen-bond donors (Lipinski definition) is 2. The largest absolute Gasteiger partial charge is 0.434 e. The second-order valence-corrected chi connectivity index (χ2v) is 7.87. The van der Waals surface area contributed by atoms with Crippen LogP contribution in [0.5, 0.6) is 0 Å². The van der Waals surface area contributed by atoms with Crippen molar-refractivity contribution in [3.63, 3.8) is 0 Å². The van der Waals surface area contributed by atoms with Crippen molar-refractivity contribution < 1.29 is 17.9 Å². The van der Waals surface area contributed by atoms with Gasteiger partial charge in [-0.25, -0.2) is 4.98 Å². The van der Waals surface area contributed by atoms with Crippen LogP contribution in [0.2, 0.25) is 0 Å². The third kappa shape index (κ3) is 9.79. The van der Waals surface area contributed by atoms with Gasteiger partial charge in [0.25, 0.3) is 0 Å². The Morgan fingerprint density at radius 2 is 2.00 bits per heavy atom. The second kappa shape index (κ2) is 12.9. The van der Waals surface area contributed by atoms with Crippen molar-refractivity contribution in [2.75, 3.05) is 39.3 Å². The van der Waals surface area contributed by atoms with E-state index in [1.54, 1.807) is 0 Å². The van der Waals surface area contributed by atoms with Crippen LogP contribution >= 0.6 is 35.3 Å². The van der Waals surface area contributed by atoms with Crippen LogP contribution in [0.1, 0.15) is 37.9 Å². The molecule has 1 aromatic heterocycles. The molecule has 0 saturated carbocycles. The summed E-state index contributed by atoms with van der Waals surface area (Å²) in [5, 5.41) is 7.84. The minimum absolute atomic E-state index is 0. The Morgan fingerprint density at radius 3 is 2.59 bits per heavy atom. The summed E-state index contributed by atoms with van der Waals surface area (Å²) < 4.78 is 43.5. The lowest BCUT2D eigenvalue weighted by Gasteiger charge is -2.35. The van der Waals surface area contributed by atoms with Crippen molar-refractivity contribution in [2.24, 2.45) is 4.99 Å². The van der Waals surface area contributed by atoms with Gasteiger partial charge in [-0.15, -0.1) is 35.3 Å². The van der Waals surface area contributed by atoms with Crippen molar-refractivity contribution in [2.45, 2.75) is 52.0 Å². The molecular formula is C18H31F3IN5OS. The number of halogens is 4. The summed E-state index contributed by atoms with van der Waals surface area (Å²) in [5.41, 5.74) is -0.820. The average Bonchev–Trinajstić information content (AvgIpc) is 3.07. The highest BCUT2D eigenvalue weighted by atomic mass is 127. The van der Waals surface area contributed by atoms with E-state index in [0.29, 0.717) is 30.5 Å². The van der Waals surface area contributed by atoms with Crippen LogP contribution in [0.15, 0.2) is 10.4 Å². The molecule has 1 aromatic rings. The Bertz CT molecular complexity index is 619. The molecule has 29 heavy (non-hydrogen) atoms. The topological polar surface area (TPSA) is 61.8 Å². The number of morpholine rings is 1. The van der Waals surface area contributed by atoms with E-state index in [-0.39, 0.29) is 36.2 Å². The molecule has 2 heterocycles. The smallest absolute Gasteiger partial charge is 0.373 e. The first kappa shape index (κ1) is 26.4. The molecule has 0 aromatic carbocycles. The Hall–Kier alpha value is -0.660. The molecule has 1 aliphatic rings. The maximum absolute atomic E-state index is 12.6. The molecule has 2 unspecified atom stereocenters. The molecule has 11 heteroatoms. The van der Waals surface area contributed by atoms with E-state index in [1.807, 2.05) is 6.92 Å². The minimum atomic E-state index is -4.38. The normalized spacial score (nSPS) is 21.0. The van der Waals surface area contributed by atoms with E-state index >= 15 is 0 Å². The molecule has 2 atom stereocenters. The second-order valence-electron chi connectivity index (χ2n) is 6.93. The molecule has 2 N–H and O–H groups in total. The third-order valence-electron chi connectivity index (χ3n) is 4.22. The van der Waals surface area contributed by atoms with Crippen molar-refractivity contribution in [3.05, 3.63) is 16.1 Å². The summed E-state index contributed by atoms with van der Waals surface area (Å²) >= 11 is 1.03. The lowest BCUT2D eigenvalue weighted by atomic mass is 10.2. The van der Waals surface area contributed by atoms with E-state index in [2.05, 4.69) is 39.4 Å². The predicted molar refractivity (Wildman–Crippen MR) is 121 cm³/mol. The minimum Gasteiger partial charge on any atom is -0.373 e. The summed E-state index contributed by atoms with van der Waals surface area (Å²) in [5.74, 6) is 0.679. The maximum atomic E-state index is 12.6. The molecule has 0 spiro atoms. The van der Waals surface area contributed by atoms with E-state index < -0.39 is 11.9 Å². The van der Waals surface area contributed by atoms with E-state index in [1.165, 1.54) is 0 Å². The molecule has 168 valence electrons. The monoisotopic (exact) mass is 549 g/mol. The molecule has 2 rings (SSSR count). The molecule has 0 amide bonds. The SMILES string of the molecule is CCNC(=NCCCN1CC(C)OC(C)C1)NCCc1nc(C(F)(F)F)cs1.I. The van der Waals surface area contributed by atoms with Crippen molar-refractivity contribution in [1.29, 1.82) is 0 Å². The van der Waals surface area contributed by atoms with Crippen LogP contribution < -0.4 is 10.6 Å². The van der Waals surface area contributed by atoms with Crippen LogP contribution in [0.3, 0.4) is 0 Å². The van der Waals surface area contributed by atoms with E-state index in [9.17, 15) is 13.2 Å². The zero-order valence-corrected chi connectivity index (χ0v) is 20.2. The van der Waals surface area contributed by atoms with Gasteiger partial charge in [-0.1, -0.05) is 0 Å². The predicted octanol–water partition coefficient (Wildman–Crippen LogP) is 3.38. The zero-order valence-electron chi connectivity index (χ0n) is 17.1. The van der Waals surface area contributed by atoms with Crippen LogP contribution in [0, 0.1) is 0 Å². The van der Waals surface area contributed by atoms with Crippen molar-refractivity contribution in [1.82, 2.24) is 20.5 Å². The number of ether oxygens (including phenoxy) is 1. The van der Waals surface area contributed by atoms with Gasteiger partial charge in [0.2, 0.25) is 0 Å². The Balaban J connectivity index is 0.00000420. The number of aliphatic imine (C=N–C) groups is 1. The van der Waals surface area contributed by atoms with E-state index in [4.69, 9.17) is 4.74 Å². The highest BCUT2D eigenvalue weighted by Gasteiger charge is 2.33. The molecule has 0 bridgehead atoms. The number of rotatable bonds is 8. The standard InChI is InChI=1S/C18H30F3N5OS.HI/c1-4-22-17(23-7-5-9-26-10-13(2)27-14(3)11-26)24-8-6-16-25-15(12-28-16)18(19,20)21;/h12-14H,4-11H2,1-3H3,(H2,22,23,24);1H. The van der Waals surface area contributed by atoms with Gasteiger partial charge in [0.15, 0.2) is 11.7 Å². The summed E-state index contributed by atoms with van der Waals surface area (Å²) in [4.78, 5) is 10.6. The van der Waals surface area contributed by atoms with Crippen LogP contribution in [-0.4, -0.2) is 67.3 Å². The van der Waals surface area contributed by atoms with Gasteiger partial charge in [-0.05, 0) is 27.2 Å². The van der Waals surface area contributed by atoms with Crippen LogP contribution in [0.4, 0.5) is 13.2 Å². The number of nitrogens with zero attached hydrogens (tertiary/aromatic N) is 3. The van der Waals surface area contributed by atoms with Crippen LogP contribution in [0.25, 0.3) is 0 Å². The molecule has 0 aliphatic carbocycles. The van der Waals surface area contributed by atoms with Gasteiger partial charge in [0.1, 0.15) is 0 Å². The molecule has 1 fully saturated rings. The van der Waals surface area contributed by atoms with E-state index in [0.717, 1.165) is 49.3 Å². The van der Waals surface area contributed by atoms with Gasteiger partial charge >= 0.3 is 6.18 Å². The number of alkyl halides is 3. The lowest BCUT2D eigenvalue weighted by Crippen LogP contribution is -2.45. The van der Waals surface area contributed by atoms with Gasteiger partial charge in [0, 0.05) is 51.1 Å². The number of nitrogens with one attached hydrogen (secondary N) is 2. The number of hydrogen-bond acceptors (Lipinski definition) is 5. The first-order valence-electron chi connectivity index (χ1n) is 9.69. The summed E-state index contributed by atoms with van der Waals surface area (Å²) in [6.07, 6.45) is -2.49. The first-order valence-corrected chi connectivity index (χ1v) is 10.6.